The van der Waals surface area contributed by atoms with Gasteiger partial charge < -0.3 is 29.9 Å². The van der Waals surface area contributed by atoms with Gasteiger partial charge >= 0.3 is 0 Å². The molecule has 4 fully saturated rings. The van der Waals surface area contributed by atoms with Crippen LogP contribution in [0.5, 0.6) is 0 Å². The third kappa shape index (κ3) is 5.38. The van der Waals surface area contributed by atoms with E-state index in [-0.39, 0.29) is 11.5 Å². The molecule has 0 aromatic rings. The van der Waals surface area contributed by atoms with Gasteiger partial charge in [-0.3, -0.25) is 0 Å². The molecule has 240 valence electrons. The highest BCUT2D eigenvalue weighted by Gasteiger charge is 2.64. The molecule has 0 aromatic carbocycles. The maximum absolute atomic E-state index is 10.5. The lowest BCUT2D eigenvalue weighted by Gasteiger charge is -2.64. The Bertz CT molecular complexity index is 1010. The molecular formula is C36H60O6. The fraction of sp³-hybridized carbons (Fsp3) is 0.889. The topological polar surface area (TPSA) is 99.4 Å². The Hall–Kier alpha value is -0.760. The molecule has 5 aliphatic rings. The number of aliphatic hydroxyl groups excluding tert-OH is 4. The molecule has 0 aromatic heterocycles. The van der Waals surface area contributed by atoms with Crippen LogP contribution in [0.25, 0.3) is 0 Å². The van der Waals surface area contributed by atoms with Gasteiger partial charge in [-0.25, -0.2) is 0 Å². The summed E-state index contributed by atoms with van der Waals surface area (Å²) < 4.78 is 11.9. The number of hydrogen-bond donors (Lipinski definition) is 4. The minimum Gasteiger partial charge on any atom is -0.394 e. The Labute approximate surface area is 255 Å². The fourth-order valence-electron chi connectivity index (χ4n) is 11.0. The van der Waals surface area contributed by atoms with Crippen molar-refractivity contribution in [1.82, 2.24) is 0 Å². The number of allylic oxidation sites excluding steroid dienone is 3. The number of fused-ring (bicyclic) bond motifs is 5. The zero-order chi connectivity index (χ0) is 30.6. The monoisotopic (exact) mass is 588 g/mol. The lowest BCUT2D eigenvalue weighted by atomic mass is 9.41. The van der Waals surface area contributed by atoms with E-state index in [1.807, 2.05) is 0 Å². The maximum Gasteiger partial charge on any atom is 0.187 e. The minimum absolute atomic E-state index is 0.152. The molecule has 0 spiro atoms. The number of rotatable bonds is 8. The summed E-state index contributed by atoms with van der Waals surface area (Å²) in [4.78, 5) is 0. The molecule has 42 heavy (non-hydrogen) atoms. The van der Waals surface area contributed by atoms with E-state index in [0.29, 0.717) is 34.5 Å². The van der Waals surface area contributed by atoms with E-state index in [0.717, 1.165) is 31.1 Å². The lowest BCUT2D eigenvalue weighted by molar-refractivity contribution is -0.308. The molecule has 1 heterocycles. The second-order valence-corrected chi connectivity index (χ2v) is 15.9. The molecule has 4 aliphatic carbocycles. The largest absolute Gasteiger partial charge is 0.394 e. The highest BCUT2D eigenvalue weighted by molar-refractivity contribution is 5.28. The van der Waals surface area contributed by atoms with Crippen molar-refractivity contribution in [3.05, 3.63) is 23.8 Å². The first kappa shape index (κ1) is 32.6. The van der Waals surface area contributed by atoms with Crippen molar-refractivity contribution in [1.29, 1.82) is 0 Å². The molecule has 4 N–H and O–H groups in total. The average molecular weight is 589 g/mol. The van der Waals surface area contributed by atoms with Crippen molar-refractivity contribution < 1.29 is 29.9 Å². The summed E-state index contributed by atoms with van der Waals surface area (Å²) in [5.41, 5.74) is 2.38. The first-order chi connectivity index (χ1) is 19.8. The molecule has 3 saturated carbocycles. The van der Waals surface area contributed by atoms with Crippen LogP contribution in [0, 0.1) is 51.8 Å². The highest BCUT2D eigenvalue weighted by Crippen LogP contribution is 2.72. The van der Waals surface area contributed by atoms with Crippen LogP contribution in [0.1, 0.15) is 106 Å². The van der Waals surface area contributed by atoms with E-state index in [2.05, 4.69) is 66.7 Å². The van der Waals surface area contributed by atoms with Crippen molar-refractivity contribution in [2.75, 3.05) is 6.61 Å². The summed E-state index contributed by atoms with van der Waals surface area (Å²) in [6.45, 7) is 16.8. The molecule has 0 bridgehead atoms. The molecule has 3 unspecified atom stereocenters. The number of hydrogen-bond acceptors (Lipinski definition) is 6. The van der Waals surface area contributed by atoms with Gasteiger partial charge in [-0.1, -0.05) is 72.3 Å². The summed E-state index contributed by atoms with van der Waals surface area (Å²) in [7, 11) is 0. The van der Waals surface area contributed by atoms with Gasteiger partial charge in [0.05, 0.1) is 12.7 Å². The van der Waals surface area contributed by atoms with Crippen LogP contribution in [0.2, 0.25) is 0 Å². The van der Waals surface area contributed by atoms with Gasteiger partial charge in [0.25, 0.3) is 0 Å². The quantitative estimate of drug-likeness (QED) is 0.259. The van der Waals surface area contributed by atoms with E-state index in [1.165, 1.54) is 44.1 Å². The van der Waals surface area contributed by atoms with Gasteiger partial charge in [0, 0.05) is 0 Å². The van der Waals surface area contributed by atoms with Crippen LogP contribution < -0.4 is 0 Å². The molecule has 6 nitrogen and oxygen atoms in total. The van der Waals surface area contributed by atoms with E-state index >= 15 is 0 Å². The molecule has 5 rings (SSSR count). The average Bonchev–Trinajstić information content (AvgIpc) is 3.32. The third-order valence-corrected chi connectivity index (χ3v) is 13.5. The smallest absolute Gasteiger partial charge is 0.187 e. The van der Waals surface area contributed by atoms with Crippen molar-refractivity contribution in [2.24, 2.45) is 51.8 Å². The summed E-state index contributed by atoms with van der Waals surface area (Å²) in [5, 5.41) is 40.5. The SMILES string of the molecule is CC[C@H](/C=C/[C@@H](C)C1CC[C@H]2[C@]3(C)CCC4=CC(OC5O[C@H](CO)[C@@H](O)[C@H](O)[C@H]5O)CC[C@]4(C)[C@H]3CC[C@]12C)C(C)C. The van der Waals surface area contributed by atoms with Crippen molar-refractivity contribution in [3.8, 4) is 0 Å². The highest BCUT2D eigenvalue weighted by atomic mass is 16.7. The first-order valence-corrected chi connectivity index (χ1v) is 17.2. The minimum atomic E-state index is -1.41. The summed E-state index contributed by atoms with van der Waals surface area (Å²) in [6, 6.07) is 0. The standard InChI is InChI=1S/C36H60O6/c1-8-23(21(2)3)10-9-22(4)26-11-12-28-35(26,6)18-15-29-34(5)17-14-25(19-24(34)13-16-36(28,29)7)41-33-32(40)31(39)30(38)27(20-37)42-33/h9-10,19,21-23,25-33,37-40H,8,11-18,20H2,1-7H3/b10-9+/t22-,23-,25?,26?,27-,28-,29-,30-,31+,32-,33?,34+,35-,36+/m1/s1. The molecule has 14 atom stereocenters. The second kappa shape index (κ2) is 12.2. The van der Waals surface area contributed by atoms with Crippen LogP contribution >= 0.6 is 0 Å². The molecule has 0 amide bonds. The normalized spacial score (nSPS) is 48.9. The summed E-state index contributed by atoms with van der Waals surface area (Å²) >= 11 is 0. The van der Waals surface area contributed by atoms with Gasteiger partial charge in [0.2, 0.25) is 0 Å². The maximum atomic E-state index is 10.5. The molecule has 0 radical (unpaired) electrons. The van der Waals surface area contributed by atoms with Crippen molar-refractivity contribution >= 4 is 0 Å². The number of aliphatic hydroxyl groups is 4. The fourth-order valence-corrected chi connectivity index (χ4v) is 11.0. The van der Waals surface area contributed by atoms with Gasteiger partial charge in [-0.2, -0.15) is 0 Å². The molecule has 1 saturated heterocycles. The predicted octanol–water partition coefficient (Wildman–Crippen LogP) is 6.02. The number of ether oxygens (including phenoxy) is 2. The van der Waals surface area contributed by atoms with Crippen LogP contribution in [0.3, 0.4) is 0 Å². The molecular weight excluding hydrogens is 528 g/mol. The summed E-state index contributed by atoms with van der Waals surface area (Å²) in [6.07, 6.45) is 11.7. The Kier molecular flexibility index (Phi) is 9.48. The predicted molar refractivity (Wildman–Crippen MR) is 165 cm³/mol. The van der Waals surface area contributed by atoms with Gasteiger partial charge in [0.1, 0.15) is 24.4 Å². The molecule has 1 aliphatic heterocycles. The third-order valence-electron chi connectivity index (χ3n) is 13.5. The zero-order valence-corrected chi connectivity index (χ0v) is 27.3. The molecule has 6 heteroatoms. The van der Waals surface area contributed by atoms with E-state index in [1.54, 1.807) is 0 Å². The van der Waals surface area contributed by atoms with Crippen molar-refractivity contribution in [2.45, 2.75) is 143 Å². The van der Waals surface area contributed by atoms with Crippen LogP contribution in [-0.4, -0.2) is 63.8 Å². The van der Waals surface area contributed by atoms with Crippen LogP contribution in [0.4, 0.5) is 0 Å². The van der Waals surface area contributed by atoms with Gasteiger partial charge in [-0.15, -0.1) is 0 Å². The van der Waals surface area contributed by atoms with Crippen LogP contribution in [-0.2, 0) is 9.47 Å². The Morgan fingerprint density at radius 1 is 0.905 bits per heavy atom. The Morgan fingerprint density at radius 3 is 2.31 bits per heavy atom. The Balaban J connectivity index is 1.30. The summed E-state index contributed by atoms with van der Waals surface area (Å²) in [5.74, 6) is 4.17. The first-order valence-electron chi connectivity index (χ1n) is 17.2. The van der Waals surface area contributed by atoms with Gasteiger partial charge in [-0.05, 0) is 110 Å². The van der Waals surface area contributed by atoms with Crippen molar-refractivity contribution in [3.63, 3.8) is 0 Å². The zero-order valence-electron chi connectivity index (χ0n) is 27.3. The van der Waals surface area contributed by atoms with Crippen LogP contribution in [0.15, 0.2) is 23.8 Å². The van der Waals surface area contributed by atoms with E-state index in [4.69, 9.17) is 9.47 Å². The lowest BCUT2D eigenvalue weighted by Crippen LogP contribution is -2.60. The second-order valence-electron chi connectivity index (χ2n) is 15.9. The van der Waals surface area contributed by atoms with Gasteiger partial charge in [0.15, 0.2) is 6.29 Å². The Morgan fingerprint density at radius 2 is 1.64 bits per heavy atom. The van der Waals surface area contributed by atoms with E-state index < -0.39 is 37.3 Å². The van der Waals surface area contributed by atoms with E-state index in [9.17, 15) is 20.4 Å².